The Labute approximate surface area is 164 Å². The summed E-state index contributed by atoms with van der Waals surface area (Å²) in [5.41, 5.74) is -1.80. The third kappa shape index (κ3) is 1.80. The molecular formula is C22H28O6. The number of ketones is 2. The fraction of sp³-hybridized carbons (Fsp3) is 0.773. The Morgan fingerprint density at radius 3 is 2.61 bits per heavy atom. The molecule has 0 amide bonds. The number of aliphatic hydroxyl groups is 1. The summed E-state index contributed by atoms with van der Waals surface area (Å²) in [5, 5.41) is 11.2. The number of esters is 1. The lowest BCUT2D eigenvalue weighted by molar-refractivity contribution is -0.276. The molecule has 6 heteroatoms. The molecule has 6 fully saturated rings. The molecular weight excluding hydrogens is 360 g/mol. The van der Waals surface area contributed by atoms with E-state index in [1.807, 2.05) is 13.8 Å². The zero-order valence-electron chi connectivity index (χ0n) is 16.7. The van der Waals surface area contributed by atoms with Crippen molar-refractivity contribution in [3.8, 4) is 0 Å². The number of carbonyl (C=O) groups is 3. The maximum absolute atomic E-state index is 13.9. The van der Waals surface area contributed by atoms with Gasteiger partial charge in [-0.25, -0.2) is 0 Å². The van der Waals surface area contributed by atoms with Crippen LogP contribution in [0.5, 0.6) is 0 Å². The second-order valence-electron chi connectivity index (χ2n) is 10.2. The van der Waals surface area contributed by atoms with Gasteiger partial charge in [-0.1, -0.05) is 20.4 Å². The van der Waals surface area contributed by atoms with Gasteiger partial charge < -0.3 is 14.6 Å². The van der Waals surface area contributed by atoms with Crippen molar-refractivity contribution in [1.29, 1.82) is 0 Å². The molecule has 152 valence electrons. The number of hydrogen-bond acceptors (Lipinski definition) is 6. The van der Waals surface area contributed by atoms with Gasteiger partial charge in [-0.2, -0.15) is 0 Å². The van der Waals surface area contributed by atoms with Gasteiger partial charge in [0.1, 0.15) is 5.78 Å². The van der Waals surface area contributed by atoms with E-state index in [0.717, 1.165) is 6.42 Å². The molecule has 2 spiro atoms. The fourth-order valence-corrected chi connectivity index (χ4v) is 7.80. The van der Waals surface area contributed by atoms with E-state index in [0.29, 0.717) is 24.8 Å². The van der Waals surface area contributed by atoms with Crippen LogP contribution >= 0.6 is 0 Å². The Morgan fingerprint density at radius 1 is 1.25 bits per heavy atom. The van der Waals surface area contributed by atoms with Gasteiger partial charge in [0.05, 0.1) is 29.6 Å². The standard InChI is InChI=1S/C22H28O6/c1-10-12-5-6-13-21(8-12,18(10)25)19(26)16(28-11(2)23)17-20(3,4)15-7-14(24)22(13,17)9-27-15/h12-13,15-18,25H,1,5-9H2,2-4H3. The SMILES string of the molecule is C=C1C2CCC3C(C2)(C(=O)C(OC(C)=O)C2C(C)(C)C4CC(=O)C23CO4)C1O. The van der Waals surface area contributed by atoms with Gasteiger partial charge in [-0.15, -0.1) is 0 Å². The maximum atomic E-state index is 13.9. The van der Waals surface area contributed by atoms with Crippen LogP contribution < -0.4 is 0 Å². The van der Waals surface area contributed by atoms with Crippen molar-refractivity contribution in [1.82, 2.24) is 0 Å². The van der Waals surface area contributed by atoms with Crippen LogP contribution in [-0.4, -0.2) is 47.6 Å². The van der Waals surface area contributed by atoms with Crippen molar-refractivity contribution in [3.05, 3.63) is 12.2 Å². The average molecular weight is 388 g/mol. The first-order valence-electron chi connectivity index (χ1n) is 10.3. The summed E-state index contributed by atoms with van der Waals surface area (Å²) >= 11 is 0. The van der Waals surface area contributed by atoms with Gasteiger partial charge in [0, 0.05) is 19.3 Å². The van der Waals surface area contributed by atoms with Gasteiger partial charge >= 0.3 is 5.97 Å². The molecule has 2 aliphatic heterocycles. The van der Waals surface area contributed by atoms with Crippen molar-refractivity contribution < 1.29 is 29.0 Å². The second-order valence-corrected chi connectivity index (χ2v) is 10.2. The number of aliphatic hydroxyl groups excluding tert-OH is 1. The zero-order valence-corrected chi connectivity index (χ0v) is 16.7. The molecule has 6 nitrogen and oxygen atoms in total. The molecule has 8 unspecified atom stereocenters. The monoisotopic (exact) mass is 388 g/mol. The molecule has 0 aromatic carbocycles. The third-order valence-electron chi connectivity index (χ3n) is 8.91. The predicted octanol–water partition coefficient (Wildman–Crippen LogP) is 1.83. The van der Waals surface area contributed by atoms with E-state index in [1.54, 1.807) is 0 Å². The third-order valence-corrected chi connectivity index (χ3v) is 8.91. The van der Waals surface area contributed by atoms with Crippen LogP contribution in [0.15, 0.2) is 12.2 Å². The largest absolute Gasteiger partial charge is 0.454 e. The van der Waals surface area contributed by atoms with Crippen LogP contribution in [0.2, 0.25) is 0 Å². The molecule has 0 radical (unpaired) electrons. The van der Waals surface area contributed by atoms with Crippen LogP contribution in [0.25, 0.3) is 0 Å². The molecule has 4 aliphatic carbocycles. The van der Waals surface area contributed by atoms with Crippen molar-refractivity contribution in [3.63, 3.8) is 0 Å². The molecule has 6 aliphatic rings. The fourth-order valence-electron chi connectivity index (χ4n) is 7.80. The van der Waals surface area contributed by atoms with Gasteiger partial charge in [0.15, 0.2) is 11.9 Å². The average Bonchev–Trinajstić information content (AvgIpc) is 2.81. The molecule has 2 heterocycles. The normalized spacial score (nSPS) is 50.9. The van der Waals surface area contributed by atoms with Crippen molar-refractivity contribution in [2.75, 3.05) is 6.61 Å². The summed E-state index contributed by atoms with van der Waals surface area (Å²) in [6.45, 7) is 9.63. The lowest BCUT2D eigenvalue weighted by Gasteiger charge is -2.68. The Hall–Kier alpha value is -1.53. The predicted molar refractivity (Wildman–Crippen MR) is 98.0 cm³/mol. The first kappa shape index (κ1) is 18.5. The Bertz CT molecular complexity index is 814. The molecule has 1 N–H and O–H groups in total. The second kappa shape index (κ2) is 5.33. The summed E-state index contributed by atoms with van der Waals surface area (Å²) in [6.07, 6.45) is -0.00521. The Kier molecular flexibility index (Phi) is 3.52. The number of Topliss-reactive ketones (excluding diaryl/α,β-unsaturated/α-hetero) is 2. The molecule has 0 aromatic rings. The number of ether oxygens (including phenoxy) is 2. The molecule has 4 bridgehead atoms. The highest BCUT2D eigenvalue weighted by molar-refractivity contribution is 5.99. The molecule has 6 rings (SSSR count). The van der Waals surface area contributed by atoms with Crippen LogP contribution in [-0.2, 0) is 23.9 Å². The van der Waals surface area contributed by atoms with Gasteiger partial charge in [0.25, 0.3) is 0 Å². The van der Waals surface area contributed by atoms with Crippen molar-refractivity contribution in [2.45, 2.75) is 64.8 Å². The smallest absolute Gasteiger partial charge is 0.303 e. The molecule has 8 atom stereocenters. The van der Waals surface area contributed by atoms with Crippen LogP contribution in [0.3, 0.4) is 0 Å². The molecule has 28 heavy (non-hydrogen) atoms. The van der Waals surface area contributed by atoms with Crippen LogP contribution in [0, 0.1) is 34.0 Å². The zero-order chi connectivity index (χ0) is 20.2. The summed E-state index contributed by atoms with van der Waals surface area (Å²) in [7, 11) is 0. The summed E-state index contributed by atoms with van der Waals surface area (Å²) in [4.78, 5) is 39.4. The van der Waals surface area contributed by atoms with E-state index < -0.39 is 40.3 Å². The topological polar surface area (TPSA) is 89.9 Å². The highest BCUT2D eigenvalue weighted by atomic mass is 16.5. The van der Waals surface area contributed by atoms with Gasteiger partial charge in [0.2, 0.25) is 0 Å². The number of carbonyl (C=O) groups excluding carboxylic acids is 3. The number of rotatable bonds is 1. The van der Waals surface area contributed by atoms with Crippen LogP contribution in [0.1, 0.15) is 46.5 Å². The first-order chi connectivity index (χ1) is 13.1. The van der Waals surface area contributed by atoms with E-state index in [1.165, 1.54) is 6.92 Å². The summed E-state index contributed by atoms with van der Waals surface area (Å²) in [6, 6.07) is 0. The lowest BCUT2D eigenvalue weighted by Crippen LogP contribution is -2.77. The summed E-state index contributed by atoms with van der Waals surface area (Å²) < 4.78 is 11.8. The number of fused-ring (bicyclic) bond motifs is 3. The van der Waals surface area contributed by atoms with Crippen molar-refractivity contribution in [2.24, 2.45) is 34.0 Å². The maximum Gasteiger partial charge on any atom is 0.303 e. The quantitative estimate of drug-likeness (QED) is 0.545. The minimum atomic E-state index is -1.10. The highest BCUT2D eigenvalue weighted by Crippen LogP contribution is 2.72. The van der Waals surface area contributed by atoms with E-state index in [-0.39, 0.29) is 36.1 Å². The van der Waals surface area contributed by atoms with E-state index in [4.69, 9.17) is 9.47 Å². The Morgan fingerprint density at radius 2 is 1.96 bits per heavy atom. The first-order valence-corrected chi connectivity index (χ1v) is 10.3. The minimum Gasteiger partial charge on any atom is -0.454 e. The van der Waals surface area contributed by atoms with E-state index in [2.05, 4.69) is 6.58 Å². The molecule has 2 saturated heterocycles. The van der Waals surface area contributed by atoms with E-state index in [9.17, 15) is 19.5 Å². The Balaban J connectivity index is 1.76. The van der Waals surface area contributed by atoms with Gasteiger partial charge in [-0.3, -0.25) is 14.4 Å². The molecule has 4 saturated carbocycles. The van der Waals surface area contributed by atoms with Crippen LogP contribution in [0.4, 0.5) is 0 Å². The number of hydrogen-bond donors (Lipinski definition) is 1. The lowest BCUT2D eigenvalue weighted by atomic mass is 9.37. The van der Waals surface area contributed by atoms with E-state index >= 15 is 0 Å². The molecule has 0 aromatic heterocycles. The van der Waals surface area contributed by atoms with Gasteiger partial charge in [-0.05, 0) is 42.1 Å². The highest BCUT2D eigenvalue weighted by Gasteiger charge is 2.79. The van der Waals surface area contributed by atoms with Crippen molar-refractivity contribution >= 4 is 17.5 Å². The minimum absolute atomic E-state index is 0.0742. The summed E-state index contributed by atoms with van der Waals surface area (Å²) in [5.74, 6) is -1.30.